The Morgan fingerprint density at radius 2 is 1.95 bits per heavy atom. The standard InChI is InChI=1S/C34H31N7O3/c1-20-26(5-3-7-28(20)34-39-30-14-22(19-42)13-23(15-35)31(30)44-34)27-6-4-8-29(21(27)2)38-32-33-37-16-24(41(33)12-10-36-32)17-40-11-9-25(43)18-40/h3-8,10,12-14,16,19,25,33,37,43H,9,11,17-18H2,1-2H3,(H,36,38). The van der Waals surface area contributed by atoms with E-state index in [9.17, 15) is 15.2 Å². The van der Waals surface area contributed by atoms with E-state index in [1.807, 2.05) is 43.6 Å². The normalized spacial score (nSPS) is 19.4. The van der Waals surface area contributed by atoms with E-state index < -0.39 is 0 Å². The molecule has 1 fully saturated rings. The van der Waals surface area contributed by atoms with E-state index in [1.165, 1.54) is 6.07 Å². The monoisotopic (exact) mass is 585 g/mol. The van der Waals surface area contributed by atoms with Crippen molar-refractivity contribution in [2.75, 3.05) is 25.0 Å². The number of aldehydes is 1. The Morgan fingerprint density at radius 3 is 2.73 bits per heavy atom. The van der Waals surface area contributed by atoms with Gasteiger partial charge in [0.1, 0.15) is 23.7 Å². The highest BCUT2D eigenvalue weighted by Gasteiger charge is 2.33. The van der Waals surface area contributed by atoms with Crippen molar-refractivity contribution in [3.05, 3.63) is 95.1 Å². The van der Waals surface area contributed by atoms with Gasteiger partial charge in [-0.1, -0.05) is 24.3 Å². The molecule has 3 aromatic carbocycles. The van der Waals surface area contributed by atoms with Gasteiger partial charge >= 0.3 is 0 Å². The fourth-order valence-corrected chi connectivity index (χ4v) is 6.24. The first kappa shape index (κ1) is 27.6. The number of nitrogens with one attached hydrogen (secondary N) is 2. The van der Waals surface area contributed by atoms with Crippen LogP contribution in [0.25, 0.3) is 33.7 Å². The number of aliphatic hydroxyl groups is 1. The van der Waals surface area contributed by atoms with Crippen molar-refractivity contribution in [1.29, 1.82) is 5.26 Å². The van der Waals surface area contributed by atoms with Crippen LogP contribution >= 0.6 is 0 Å². The van der Waals surface area contributed by atoms with Crippen LogP contribution < -0.4 is 10.6 Å². The number of likely N-dealkylation sites (tertiary alicyclic amines) is 1. The highest BCUT2D eigenvalue weighted by molar-refractivity contribution is 6.02. The highest BCUT2D eigenvalue weighted by Crippen LogP contribution is 2.37. The molecule has 10 heteroatoms. The van der Waals surface area contributed by atoms with E-state index in [1.54, 1.807) is 12.3 Å². The van der Waals surface area contributed by atoms with E-state index in [0.29, 0.717) is 35.4 Å². The van der Waals surface area contributed by atoms with E-state index in [-0.39, 0.29) is 17.8 Å². The molecular weight excluding hydrogens is 554 g/mol. The molecule has 2 atom stereocenters. The molecule has 220 valence electrons. The number of β-amino-alcohol motifs (C(OH)–C–C–N with tert-alkyl or cyclic N) is 1. The minimum absolute atomic E-state index is 0.146. The molecule has 0 bridgehead atoms. The third kappa shape index (κ3) is 4.82. The molecule has 10 nitrogen and oxygen atoms in total. The molecule has 1 aromatic heterocycles. The van der Waals surface area contributed by atoms with Gasteiger partial charge in [0.05, 0.1) is 11.7 Å². The molecule has 4 aromatic rings. The van der Waals surface area contributed by atoms with Crippen molar-refractivity contribution in [3.8, 4) is 28.7 Å². The first-order chi connectivity index (χ1) is 21.4. The molecule has 7 rings (SSSR count). The fraction of sp³-hybridized carbons (Fsp3) is 0.235. The molecule has 0 amide bonds. The van der Waals surface area contributed by atoms with Crippen molar-refractivity contribution in [3.63, 3.8) is 0 Å². The van der Waals surface area contributed by atoms with Gasteiger partial charge in [-0.2, -0.15) is 5.26 Å². The molecule has 1 saturated heterocycles. The summed E-state index contributed by atoms with van der Waals surface area (Å²) in [6, 6.07) is 17.4. The summed E-state index contributed by atoms with van der Waals surface area (Å²) >= 11 is 0. The predicted molar refractivity (Wildman–Crippen MR) is 169 cm³/mol. The molecule has 44 heavy (non-hydrogen) atoms. The number of aliphatic hydroxyl groups excluding tert-OH is 1. The average molecular weight is 586 g/mol. The predicted octanol–water partition coefficient (Wildman–Crippen LogP) is 4.90. The van der Waals surface area contributed by atoms with Gasteiger partial charge < -0.3 is 25.1 Å². The zero-order chi connectivity index (χ0) is 30.4. The average Bonchev–Trinajstić information content (AvgIpc) is 3.77. The van der Waals surface area contributed by atoms with Crippen LogP contribution in [0.5, 0.6) is 0 Å². The maximum atomic E-state index is 11.4. The first-order valence-corrected chi connectivity index (χ1v) is 14.6. The molecular formula is C34H31N7O3. The summed E-state index contributed by atoms with van der Waals surface area (Å²) in [5.41, 5.74) is 8.52. The Balaban J connectivity index is 1.16. The smallest absolute Gasteiger partial charge is 0.227 e. The summed E-state index contributed by atoms with van der Waals surface area (Å²) in [5.74, 6) is 1.19. The maximum Gasteiger partial charge on any atom is 0.227 e. The minimum atomic E-state index is -0.251. The number of carbonyl (C=O) groups excluding carboxylic acids is 1. The minimum Gasteiger partial charge on any atom is -0.435 e. The Labute approximate surface area is 254 Å². The van der Waals surface area contributed by atoms with Gasteiger partial charge in [0, 0.05) is 60.7 Å². The maximum absolute atomic E-state index is 11.4. The second-order valence-corrected chi connectivity index (χ2v) is 11.3. The lowest BCUT2D eigenvalue weighted by molar-refractivity contribution is 0.112. The summed E-state index contributed by atoms with van der Waals surface area (Å²) in [7, 11) is 0. The number of amidine groups is 1. The van der Waals surface area contributed by atoms with Crippen LogP contribution in [0.1, 0.15) is 33.5 Å². The summed E-state index contributed by atoms with van der Waals surface area (Å²) in [5, 5.41) is 26.6. The highest BCUT2D eigenvalue weighted by atomic mass is 16.3. The van der Waals surface area contributed by atoms with Gasteiger partial charge in [-0.25, -0.2) is 9.98 Å². The number of benzene rings is 3. The number of carbonyl (C=O) groups is 1. The van der Waals surface area contributed by atoms with Crippen LogP contribution in [0, 0.1) is 25.2 Å². The van der Waals surface area contributed by atoms with E-state index >= 15 is 0 Å². The van der Waals surface area contributed by atoms with Gasteiger partial charge in [0.25, 0.3) is 0 Å². The Hall–Kier alpha value is -5.24. The summed E-state index contributed by atoms with van der Waals surface area (Å²) in [4.78, 5) is 25.1. The number of hydrogen-bond donors (Lipinski definition) is 3. The van der Waals surface area contributed by atoms with Crippen LogP contribution in [0.15, 0.2) is 82.2 Å². The van der Waals surface area contributed by atoms with Crippen molar-refractivity contribution in [2.24, 2.45) is 4.99 Å². The number of aromatic nitrogens is 1. The van der Waals surface area contributed by atoms with Crippen molar-refractivity contribution < 1.29 is 14.3 Å². The molecule has 0 radical (unpaired) electrons. The van der Waals surface area contributed by atoms with Crippen molar-refractivity contribution in [1.82, 2.24) is 20.1 Å². The molecule has 0 saturated carbocycles. The van der Waals surface area contributed by atoms with Gasteiger partial charge in [0.15, 0.2) is 11.7 Å². The molecule has 0 aliphatic carbocycles. The molecule has 3 N–H and O–H groups in total. The zero-order valence-electron chi connectivity index (χ0n) is 24.4. The lowest BCUT2D eigenvalue weighted by atomic mass is 9.93. The van der Waals surface area contributed by atoms with Gasteiger partial charge in [-0.3, -0.25) is 9.69 Å². The number of nitrogens with zero attached hydrogens (tertiary/aromatic N) is 5. The molecule has 2 unspecified atom stereocenters. The first-order valence-electron chi connectivity index (χ1n) is 14.6. The third-order valence-electron chi connectivity index (χ3n) is 8.57. The summed E-state index contributed by atoms with van der Waals surface area (Å²) < 4.78 is 6.08. The largest absolute Gasteiger partial charge is 0.435 e. The van der Waals surface area contributed by atoms with Crippen molar-refractivity contribution >= 4 is 28.9 Å². The topological polar surface area (TPSA) is 130 Å². The Kier molecular flexibility index (Phi) is 6.97. The SMILES string of the molecule is Cc1c(NC2=NC=CN3C(CN4CCC(O)C4)=CNC23)cccc1-c1cccc(-c2nc3cc(C=O)cc(C#N)c3o2)c1C. The van der Waals surface area contributed by atoms with Crippen LogP contribution in [0.3, 0.4) is 0 Å². The number of anilines is 1. The number of rotatable bonds is 6. The lowest BCUT2D eigenvalue weighted by Crippen LogP contribution is -2.46. The number of hydrogen-bond acceptors (Lipinski definition) is 10. The van der Waals surface area contributed by atoms with E-state index in [0.717, 1.165) is 64.5 Å². The molecule has 3 aliphatic heterocycles. The fourth-order valence-electron chi connectivity index (χ4n) is 6.24. The second-order valence-electron chi connectivity index (χ2n) is 11.3. The summed E-state index contributed by atoms with van der Waals surface area (Å²) in [6.45, 7) is 6.47. The third-order valence-corrected chi connectivity index (χ3v) is 8.57. The van der Waals surface area contributed by atoms with Gasteiger partial charge in [-0.05, 0) is 66.8 Å². The number of aliphatic imine (C=N–C) groups is 1. The van der Waals surface area contributed by atoms with Crippen LogP contribution in [0.2, 0.25) is 0 Å². The van der Waals surface area contributed by atoms with Gasteiger partial charge in [0.2, 0.25) is 5.89 Å². The van der Waals surface area contributed by atoms with Crippen LogP contribution in [0.4, 0.5) is 5.69 Å². The zero-order valence-corrected chi connectivity index (χ0v) is 24.4. The Morgan fingerprint density at radius 1 is 1.16 bits per heavy atom. The number of nitriles is 1. The molecule has 3 aliphatic rings. The second kappa shape index (κ2) is 11.1. The van der Waals surface area contributed by atoms with Crippen LogP contribution in [-0.2, 0) is 0 Å². The Bertz CT molecular complexity index is 1930. The van der Waals surface area contributed by atoms with Crippen molar-refractivity contribution in [2.45, 2.75) is 32.5 Å². The van der Waals surface area contributed by atoms with E-state index in [4.69, 9.17) is 4.42 Å². The summed E-state index contributed by atoms with van der Waals surface area (Å²) in [6.07, 6.45) is 6.94. The molecule has 0 spiro atoms. The number of oxazole rings is 1. The quantitative estimate of drug-likeness (QED) is 0.271. The molecule has 4 heterocycles. The number of fused-ring (bicyclic) bond motifs is 2. The van der Waals surface area contributed by atoms with Crippen LogP contribution in [-0.4, -0.2) is 63.9 Å². The lowest BCUT2D eigenvalue weighted by Gasteiger charge is -2.31. The van der Waals surface area contributed by atoms with Gasteiger partial charge in [-0.15, -0.1) is 0 Å². The van der Waals surface area contributed by atoms with E-state index in [2.05, 4.69) is 55.5 Å².